The molecule has 13 aliphatic rings. The summed E-state index contributed by atoms with van der Waals surface area (Å²) in [5, 5.41) is 220. The molecule has 119 heavy (non-hydrogen) atoms. The predicted molar refractivity (Wildman–Crippen MR) is 388 cm³/mol. The molecule has 0 aromatic heterocycles. The highest BCUT2D eigenvalue weighted by Crippen LogP contribution is 2.76. The summed E-state index contributed by atoms with van der Waals surface area (Å²) < 4.78 is 108. The molecule has 0 amide bonds. The third-order valence-electron chi connectivity index (χ3n) is 29.0. The van der Waals surface area contributed by atoms with Gasteiger partial charge in [-0.25, -0.2) is 0 Å². The molecule has 8 aliphatic heterocycles. The molecule has 8 heterocycles. The van der Waals surface area contributed by atoms with Crippen molar-refractivity contribution in [3.05, 3.63) is 11.6 Å². The van der Waals surface area contributed by atoms with Gasteiger partial charge in [-0.15, -0.1) is 0 Å². The first-order valence-corrected chi connectivity index (χ1v) is 41.3. The fraction of sp³-hybridized carbons (Fsp3) is 0.936. The Bertz CT molecular complexity index is 3470. The lowest BCUT2D eigenvalue weighted by molar-refractivity contribution is -0.433. The van der Waals surface area contributed by atoms with Crippen LogP contribution in [-0.4, -0.2) is 393 Å². The molecule has 0 aromatic carbocycles. The molecule has 20 N–H and O–H groups in total. The fourth-order valence-electron chi connectivity index (χ4n) is 21.7. The van der Waals surface area contributed by atoms with Crippen LogP contribution >= 0.6 is 0 Å². The van der Waals surface area contributed by atoms with Crippen molar-refractivity contribution in [3.63, 3.8) is 0 Å². The largest absolute Gasteiger partial charge is 0.457 e. The van der Waals surface area contributed by atoms with Gasteiger partial charge in [0.25, 0.3) is 6.48 Å². The number of fused-ring (bicyclic) bond motifs is 7. The molecule has 41 unspecified atom stereocenters. The summed E-state index contributed by atoms with van der Waals surface area (Å²) in [7, 11) is 0. The van der Waals surface area contributed by atoms with Crippen molar-refractivity contribution in [1.82, 2.24) is 0 Å². The molecule has 4 saturated carbocycles. The molecule has 0 radical (unpaired) electrons. The van der Waals surface area contributed by atoms with E-state index in [0.717, 1.165) is 18.8 Å². The first-order chi connectivity index (χ1) is 55.9. The number of allylic oxidation sites excluding steroid dienone is 2. The number of hydrogen-bond donors (Lipinski definition) is 20. The Labute approximate surface area is 685 Å². The maximum Gasteiger partial charge on any atom is 0.315 e. The molecule has 13 rings (SSSR count). The van der Waals surface area contributed by atoms with Gasteiger partial charge in [-0.3, -0.25) is 19.1 Å². The van der Waals surface area contributed by atoms with Gasteiger partial charge in [0.2, 0.25) is 6.29 Å². The van der Waals surface area contributed by atoms with Crippen molar-refractivity contribution >= 4 is 18.2 Å². The highest BCUT2D eigenvalue weighted by Gasteiger charge is 2.72. The Kier molecular flexibility index (Phi) is 28.5. The molecule has 0 aromatic rings. The van der Waals surface area contributed by atoms with Gasteiger partial charge in [0, 0.05) is 6.92 Å². The molecular weight excluding hydrogens is 1590 g/mol. The van der Waals surface area contributed by atoms with Crippen LogP contribution in [0.15, 0.2) is 11.6 Å². The summed E-state index contributed by atoms with van der Waals surface area (Å²) in [4.78, 5) is 43.0. The molecule has 0 spiro atoms. The van der Waals surface area contributed by atoms with Crippen LogP contribution < -0.4 is 0 Å². The van der Waals surface area contributed by atoms with E-state index in [1.807, 2.05) is 0 Å². The minimum Gasteiger partial charge on any atom is -0.457 e. The van der Waals surface area contributed by atoms with Crippen molar-refractivity contribution in [2.75, 3.05) is 33.0 Å². The van der Waals surface area contributed by atoms with Crippen molar-refractivity contribution in [2.45, 2.75) is 373 Å². The number of aliphatic hydroxyl groups excluding tert-OH is 20. The van der Waals surface area contributed by atoms with Crippen molar-refractivity contribution in [2.24, 2.45) is 50.2 Å². The number of carbonyl (C=O) groups is 3. The summed E-state index contributed by atoms with van der Waals surface area (Å²) in [5.41, 5.74) is -3.66. The van der Waals surface area contributed by atoms with Crippen LogP contribution in [0, 0.1) is 50.2 Å². The fourth-order valence-corrected chi connectivity index (χ4v) is 21.7. The van der Waals surface area contributed by atoms with Crippen molar-refractivity contribution < 1.29 is 202 Å². The zero-order valence-corrected chi connectivity index (χ0v) is 68.0. The van der Waals surface area contributed by atoms with Crippen LogP contribution in [0.1, 0.15) is 133 Å². The molecular formula is C78H124O41. The van der Waals surface area contributed by atoms with Crippen LogP contribution in [0.5, 0.6) is 0 Å². The monoisotopic (exact) mass is 1720 g/mol. The number of aliphatic hydroxyl groups is 20. The first kappa shape index (κ1) is 93.5. The molecule has 8 saturated heterocycles. The summed E-state index contributed by atoms with van der Waals surface area (Å²) in [6.07, 6.45) is -58.8. The summed E-state index contributed by atoms with van der Waals surface area (Å²) in [5.74, 6) is -2.58. The second kappa shape index (κ2) is 36.2. The summed E-state index contributed by atoms with van der Waals surface area (Å²) in [6.45, 7) is 12.8. The van der Waals surface area contributed by atoms with Gasteiger partial charge in [0.1, 0.15) is 153 Å². The predicted octanol–water partition coefficient (Wildman–Crippen LogP) is -6.70. The van der Waals surface area contributed by atoms with Crippen LogP contribution in [-0.2, 0) is 99.6 Å². The van der Waals surface area contributed by atoms with Gasteiger partial charge in [0.05, 0.1) is 68.3 Å². The minimum atomic E-state index is -2.16. The van der Waals surface area contributed by atoms with Gasteiger partial charge >= 0.3 is 11.9 Å². The van der Waals surface area contributed by atoms with E-state index in [1.54, 1.807) is 6.92 Å². The SMILES string of the molecule is CC(=O)OC1C(C)OC(OC2C(C)OC(OC(=O)[C@]34CCC(C)(C)CC3C3=CCC5[C@@]6(C)CC[C@H](OC(OC7OCC(O)C(O)C7O)OC7OC(CO)C(O)C(O)C7O)[C@@](C)(C=O)C6CC[C@@]5(C)[C@]3(C)CC4)C(OC3OC(C)C(OC4OCC(O)C(OC5OC(CO)C(O)C(O)C5O)C4O)C(O)C3O)C2O)C(O)C1OC1OCC(O)C(O)C1O. The van der Waals surface area contributed by atoms with Crippen LogP contribution in [0.4, 0.5) is 0 Å². The number of esters is 2. The maximum atomic E-state index is 16.3. The average molecular weight is 1720 g/mol. The molecule has 41 heteroatoms. The van der Waals surface area contributed by atoms with E-state index < -0.39 is 324 Å². The number of carbonyl (C=O) groups excluding carboxylic acids is 3. The summed E-state index contributed by atoms with van der Waals surface area (Å²) >= 11 is 0. The zero-order chi connectivity index (χ0) is 86.7. The molecule has 47 atom stereocenters. The van der Waals surface area contributed by atoms with Crippen molar-refractivity contribution in [3.8, 4) is 0 Å². The zero-order valence-electron chi connectivity index (χ0n) is 68.0. The standard InChI is InChI=1S/C78H124O41/c1-28-57(112-65-55(99)60(36(85)26-104-65)114-67-51(95)46(90)44(88)37(22-79)109-67)48(92)53(97)66(105-28)116-62-54(98)58(113-69-56(100)61(59(30(3)106-69)108-31(4)82)115-63-49(93)42(86)34(83)24-102-63)29(2)107-70(62)117-71(101)78-19-17-73(5,6)21-33(78)32-11-12-40-74(7)15-14-41(75(8,27-81)39(74)13-16-77(40,10)76(32,9)18-20-78)111-72(118-64-50(94)43(87)35(84)25-103-64)119-68-52(96)47(91)45(89)38(23-80)110-68/h11,27-30,33-70,72,79-80,83-100H,12-26H2,1-10H3/t28?,29?,30?,33?,34?,35?,36?,37?,38?,39?,40?,41-,42?,43?,44?,45?,46?,47?,48?,49?,50?,51?,52?,53?,54?,55?,56?,57?,58?,59?,60?,61?,62?,63?,64?,65?,66?,67?,68?,69?,70?,72?,74-,75-,76+,77+,78-/m0/s1. The number of aldehydes is 1. The topological polar surface area (TPSA) is 622 Å². The lowest BCUT2D eigenvalue weighted by atomic mass is 9.33. The number of ether oxygens (including phenoxy) is 18. The van der Waals surface area contributed by atoms with E-state index in [0.29, 0.717) is 51.4 Å². The molecule has 5 aliphatic carbocycles. The lowest BCUT2D eigenvalue weighted by Crippen LogP contribution is -2.67. The van der Waals surface area contributed by atoms with Gasteiger partial charge in [-0.2, -0.15) is 0 Å². The van der Waals surface area contributed by atoms with Gasteiger partial charge in [-0.1, -0.05) is 53.2 Å². The van der Waals surface area contributed by atoms with Gasteiger partial charge < -0.3 is 183 Å². The molecule has 41 nitrogen and oxygen atoms in total. The number of rotatable bonds is 22. The van der Waals surface area contributed by atoms with Crippen LogP contribution in [0.25, 0.3) is 0 Å². The second-order valence-electron chi connectivity index (χ2n) is 36.8. The Balaban J connectivity index is 0.767. The highest BCUT2D eigenvalue weighted by molar-refractivity contribution is 5.79. The summed E-state index contributed by atoms with van der Waals surface area (Å²) in [6, 6.07) is 0. The normalized spacial score (nSPS) is 53.5. The van der Waals surface area contributed by atoms with Crippen LogP contribution in [0.3, 0.4) is 0 Å². The molecule has 12 fully saturated rings. The quantitative estimate of drug-likeness (QED) is 0.0207. The number of hydrogen-bond acceptors (Lipinski definition) is 41. The Hall–Kier alpha value is -3.09. The second-order valence-corrected chi connectivity index (χ2v) is 36.8. The Morgan fingerprint density at radius 1 is 0.445 bits per heavy atom. The first-order valence-electron chi connectivity index (χ1n) is 41.3. The van der Waals surface area contributed by atoms with E-state index in [2.05, 4.69) is 40.7 Å². The van der Waals surface area contributed by atoms with Crippen LogP contribution in [0.2, 0.25) is 0 Å². The average Bonchev–Trinajstić information content (AvgIpc) is 0.673. The maximum absolute atomic E-state index is 16.3. The minimum absolute atomic E-state index is 0.108. The third-order valence-corrected chi connectivity index (χ3v) is 29.0. The van der Waals surface area contributed by atoms with Crippen molar-refractivity contribution in [1.29, 1.82) is 0 Å². The van der Waals surface area contributed by atoms with E-state index in [4.69, 9.17) is 85.3 Å². The Morgan fingerprint density at radius 2 is 0.916 bits per heavy atom. The molecule has 0 bridgehead atoms. The lowest BCUT2D eigenvalue weighted by Gasteiger charge is -2.71. The van der Waals surface area contributed by atoms with E-state index in [9.17, 15) is 112 Å². The smallest absolute Gasteiger partial charge is 0.315 e. The van der Waals surface area contributed by atoms with E-state index in [1.165, 1.54) is 20.8 Å². The van der Waals surface area contributed by atoms with Gasteiger partial charge in [0.15, 0.2) is 56.2 Å². The Morgan fingerprint density at radius 3 is 1.53 bits per heavy atom. The van der Waals surface area contributed by atoms with E-state index >= 15 is 4.79 Å². The van der Waals surface area contributed by atoms with Gasteiger partial charge in [-0.05, 0) is 124 Å². The van der Waals surface area contributed by atoms with E-state index in [-0.39, 0.29) is 24.2 Å². The third kappa shape index (κ3) is 17.2. The molecule has 682 valence electrons. The highest BCUT2D eigenvalue weighted by atomic mass is 16.9.